The van der Waals surface area contributed by atoms with Crippen LogP contribution in [-0.4, -0.2) is 20.9 Å². The minimum atomic E-state index is -0.165. The number of nitrogens with one attached hydrogen (secondary N) is 2. The number of fused-ring (bicyclic) bond motifs is 1. The second kappa shape index (κ2) is 6.25. The first-order valence-corrected chi connectivity index (χ1v) is 8.38. The van der Waals surface area contributed by atoms with Crippen LogP contribution in [0.2, 0.25) is 0 Å². The van der Waals surface area contributed by atoms with Crippen LogP contribution in [0.1, 0.15) is 16.2 Å². The first-order chi connectivity index (χ1) is 11.8. The fraction of sp³-hybridized carbons (Fsp3) is 0.0556. The summed E-state index contributed by atoms with van der Waals surface area (Å²) in [4.78, 5) is 25.3. The molecule has 0 atom stereocenters. The lowest BCUT2D eigenvalue weighted by molar-refractivity contribution is 0.0949. The number of aromatic amines is 1. The highest BCUT2D eigenvalue weighted by Crippen LogP contribution is 2.24. The largest absolute Gasteiger partial charge is 0.345 e. The quantitative estimate of drug-likeness (QED) is 0.599. The lowest BCUT2D eigenvalue weighted by atomic mass is 10.1. The number of pyridine rings is 1. The van der Waals surface area contributed by atoms with Gasteiger partial charge in [-0.1, -0.05) is 18.2 Å². The summed E-state index contributed by atoms with van der Waals surface area (Å²) in [6.07, 6.45) is 3.34. The number of aromatic nitrogens is 3. The van der Waals surface area contributed by atoms with Crippen LogP contribution < -0.4 is 5.32 Å². The van der Waals surface area contributed by atoms with Gasteiger partial charge >= 0.3 is 0 Å². The molecule has 2 N–H and O–H groups in total. The van der Waals surface area contributed by atoms with E-state index in [-0.39, 0.29) is 5.91 Å². The van der Waals surface area contributed by atoms with Crippen LogP contribution in [0.3, 0.4) is 0 Å². The molecule has 0 saturated carbocycles. The van der Waals surface area contributed by atoms with Crippen molar-refractivity contribution in [2.24, 2.45) is 0 Å². The Bertz CT molecular complexity index is 958. The molecule has 4 aromatic rings. The van der Waals surface area contributed by atoms with E-state index in [2.05, 4.69) is 20.3 Å². The van der Waals surface area contributed by atoms with Crippen molar-refractivity contribution >= 4 is 28.3 Å². The van der Waals surface area contributed by atoms with E-state index < -0.39 is 0 Å². The zero-order chi connectivity index (χ0) is 16.4. The zero-order valence-electron chi connectivity index (χ0n) is 12.7. The van der Waals surface area contributed by atoms with Crippen LogP contribution >= 0.6 is 11.3 Å². The Morgan fingerprint density at radius 3 is 2.92 bits per heavy atom. The molecule has 5 nitrogen and oxygen atoms in total. The monoisotopic (exact) mass is 334 g/mol. The number of rotatable bonds is 4. The van der Waals surface area contributed by atoms with Crippen LogP contribution in [0.15, 0.2) is 60.2 Å². The number of thiophene rings is 1. The summed E-state index contributed by atoms with van der Waals surface area (Å²) in [6.45, 7) is 0.344. The van der Waals surface area contributed by atoms with Crippen molar-refractivity contribution in [3.05, 3.63) is 71.6 Å². The Balaban J connectivity index is 1.49. The minimum Gasteiger partial charge on any atom is -0.345 e. The molecule has 0 spiro atoms. The number of benzene rings is 1. The second-order valence-corrected chi connectivity index (χ2v) is 6.27. The molecule has 0 radical (unpaired) electrons. The van der Waals surface area contributed by atoms with Crippen molar-refractivity contribution in [2.45, 2.75) is 6.54 Å². The third kappa shape index (κ3) is 2.91. The molecule has 0 bridgehead atoms. The summed E-state index contributed by atoms with van der Waals surface area (Å²) in [6, 6.07) is 13.6. The van der Waals surface area contributed by atoms with Gasteiger partial charge in [0.05, 0.1) is 23.1 Å². The molecule has 0 unspecified atom stereocenters. The normalized spacial score (nSPS) is 10.8. The third-order valence-corrected chi connectivity index (χ3v) is 4.58. The van der Waals surface area contributed by atoms with Crippen molar-refractivity contribution in [3.8, 4) is 10.4 Å². The predicted octanol–water partition coefficient (Wildman–Crippen LogP) is 3.62. The number of carbonyl (C=O) groups is 1. The highest BCUT2D eigenvalue weighted by Gasteiger charge is 2.09. The molecule has 4 rings (SSSR count). The molecule has 24 heavy (non-hydrogen) atoms. The average Bonchev–Trinajstić information content (AvgIpc) is 3.29. The van der Waals surface area contributed by atoms with Crippen molar-refractivity contribution in [2.75, 3.05) is 0 Å². The first kappa shape index (κ1) is 14.6. The molecule has 3 heterocycles. The topological polar surface area (TPSA) is 70.7 Å². The number of imidazole rings is 1. The molecule has 0 aliphatic rings. The molecule has 0 aliphatic heterocycles. The Morgan fingerprint density at radius 1 is 1.17 bits per heavy atom. The van der Waals surface area contributed by atoms with Crippen LogP contribution in [0.4, 0.5) is 0 Å². The SMILES string of the molecule is O=C(NCc1nc2ccccc2[nH]1)c1cncc(-c2cccs2)c1. The fourth-order valence-corrected chi connectivity index (χ4v) is 3.21. The average molecular weight is 334 g/mol. The van der Waals surface area contributed by atoms with Crippen LogP contribution in [0, 0.1) is 0 Å². The molecule has 0 aliphatic carbocycles. The molecule has 1 amide bonds. The van der Waals surface area contributed by atoms with E-state index in [1.54, 1.807) is 23.7 Å². The van der Waals surface area contributed by atoms with E-state index in [1.807, 2.05) is 47.8 Å². The maximum absolute atomic E-state index is 12.4. The maximum atomic E-state index is 12.4. The van der Waals surface area contributed by atoms with Gasteiger partial charge in [0.1, 0.15) is 5.82 Å². The summed E-state index contributed by atoms with van der Waals surface area (Å²) >= 11 is 1.62. The molecule has 1 aromatic carbocycles. The van der Waals surface area contributed by atoms with Crippen molar-refractivity contribution in [1.82, 2.24) is 20.3 Å². The van der Waals surface area contributed by atoms with Gasteiger partial charge in [-0.2, -0.15) is 0 Å². The lowest BCUT2D eigenvalue weighted by Crippen LogP contribution is -2.23. The first-order valence-electron chi connectivity index (χ1n) is 7.50. The number of nitrogens with zero attached hydrogens (tertiary/aromatic N) is 2. The van der Waals surface area contributed by atoms with Gasteiger partial charge in [-0.3, -0.25) is 9.78 Å². The standard InChI is InChI=1S/C18H14N4OS/c23-18(13-8-12(9-19-10-13)16-6-3-7-24-16)20-11-17-21-14-4-1-2-5-15(14)22-17/h1-10H,11H2,(H,20,23)(H,21,22). The van der Waals surface area contributed by atoms with E-state index in [0.29, 0.717) is 12.1 Å². The van der Waals surface area contributed by atoms with Gasteiger partial charge in [0, 0.05) is 22.8 Å². The van der Waals surface area contributed by atoms with Crippen LogP contribution in [0.25, 0.3) is 21.5 Å². The Morgan fingerprint density at radius 2 is 2.08 bits per heavy atom. The Labute approximate surface area is 142 Å². The van der Waals surface area contributed by atoms with Crippen molar-refractivity contribution in [3.63, 3.8) is 0 Å². The van der Waals surface area contributed by atoms with Gasteiger partial charge in [0.25, 0.3) is 5.91 Å². The van der Waals surface area contributed by atoms with Crippen LogP contribution in [0.5, 0.6) is 0 Å². The molecular formula is C18H14N4OS. The number of amides is 1. The smallest absolute Gasteiger partial charge is 0.253 e. The van der Waals surface area contributed by atoms with Crippen molar-refractivity contribution in [1.29, 1.82) is 0 Å². The maximum Gasteiger partial charge on any atom is 0.253 e. The van der Waals surface area contributed by atoms with E-state index in [1.165, 1.54) is 0 Å². The Hall–Kier alpha value is -2.99. The summed E-state index contributed by atoms with van der Waals surface area (Å²) < 4.78 is 0. The van der Waals surface area contributed by atoms with Gasteiger partial charge in [-0.05, 0) is 29.6 Å². The van der Waals surface area contributed by atoms with Gasteiger partial charge in [0.15, 0.2) is 0 Å². The molecular weight excluding hydrogens is 320 g/mol. The lowest BCUT2D eigenvalue weighted by Gasteiger charge is -2.04. The van der Waals surface area contributed by atoms with Crippen molar-refractivity contribution < 1.29 is 4.79 Å². The van der Waals surface area contributed by atoms with E-state index in [4.69, 9.17) is 0 Å². The number of H-pyrrole nitrogens is 1. The number of carbonyl (C=O) groups excluding carboxylic acids is 1. The summed E-state index contributed by atoms with van der Waals surface area (Å²) in [7, 11) is 0. The van der Waals surface area contributed by atoms with Crippen LogP contribution in [-0.2, 0) is 6.54 Å². The molecule has 0 fully saturated rings. The van der Waals surface area contributed by atoms with E-state index >= 15 is 0 Å². The third-order valence-electron chi connectivity index (χ3n) is 3.66. The highest BCUT2D eigenvalue weighted by molar-refractivity contribution is 7.13. The number of hydrogen-bond acceptors (Lipinski definition) is 4. The molecule has 0 saturated heterocycles. The minimum absolute atomic E-state index is 0.165. The Kier molecular flexibility index (Phi) is 3.80. The van der Waals surface area contributed by atoms with Gasteiger partial charge < -0.3 is 10.3 Å². The van der Waals surface area contributed by atoms with Gasteiger partial charge in [-0.15, -0.1) is 11.3 Å². The molecule has 118 valence electrons. The van der Waals surface area contributed by atoms with Gasteiger partial charge in [0.2, 0.25) is 0 Å². The predicted molar refractivity (Wildman–Crippen MR) is 94.8 cm³/mol. The molecule has 6 heteroatoms. The molecule has 3 aromatic heterocycles. The van der Waals surface area contributed by atoms with E-state index in [0.717, 1.165) is 27.3 Å². The highest BCUT2D eigenvalue weighted by atomic mass is 32.1. The van der Waals surface area contributed by atoms with Gasteiger partial charge in [-0.25, -0.2) is 4.98 Å². The summed E-state index contributed by atoms with van der Waals surface area (Å²) in [5, 5.41) is 4.88. The van der Waals surface area contributed by atoms with E-state index in [9.17, 15) is 4.79 Å². The fourth-order valence-electron chi connectivity index (χ4n) is 2.50. The summed E-state index contributed by atoms with van der Waals surface area (Å²) in [5.41, 5.74) is 3.34. The number of hydrogen-bond donors (Lipinski definition) is 2. The second-order valence-electron chi connectivity index (χ2n) is 5.32. The zero-order valence-corrected chi connectivity index (χ0v) is 13.5. The number of para-hydroxylation sites is 2. The summed E-state index contributed by atoms with van der Waals surface area (Å²) in [5.74, 6) is 0.563.